The third kappa shape index (κ3) is 3.94. The van der Waals surface area contributed by atoms with Crippen LogP contribution in [0.5, 0.6) is 0 Å². The molecule has 2 atom stereocenters. The summed E-state index contributed by atoms with van der Waals surface area (Å²) < 4.78 is 5.71. The summed E-state index contributed by atoms with van der Waals surface area (Å²) in [6, 6.07) is 3.02. The molecule has 1 aliphatic carbocycles. The number of nitrogens with zero attached hydrogens (tertiary/aromatic N) is 2. The number of hydrogen-bond donors (Lipinski definition) is 1. The molecule has 1 saturated heterocycles. The van der Waals surface area contributed by atoms with Gasteiger partial charge in [-0.15, -0.1) is 0 Å². The van der Waals surface area contributed by atoms with Gasteiger partial charge in [-0.2, -0.15) is 5.26 Å². The molecule has 0 amide bonds. The molecule has 2 unspecified atom stereocenters. The van der Waals surface area contributed by atoms with Gasteiger partial charge in [0, 0.05) is 25.7 Å². The molecule has 1 N–H and O–H groups in total. The Bertz CT molecular complexity index is 309. The predicted molar refractivity (Wildman–Crippen MR) is 71.3 cm³/mol. The summed E-state index contributed by atoms with van der Waals surface area (Å²) >= 11 is 0. The number of nitrogens with one attached hydrogen (secondary N) is 1. The predicted octanol–water partition coefficient (Wildman–Crippen LogP) is 1.52. The van der Waals surface area contributed by atoms with Crippen LogP contribution in [0, 0.1) is 11.3 Å². The first-order chi connectivity index (χ1) is 8.65. The van der Waals surface area contributed by atoms with Crippen molar-refractivity contribution in [2.24, 2.45) is 0 Å². The Morgan fingerprint density at radius 2 is 2.22 bits per heavy atom. The Labute approximate surface area is 110 Å². The second-order valence-corrected chi connectivity index (χ2v) is 5.82. The molecule has 0 aromatic rings. The van der Waals surface area contributed by atoms with Gasteiger partial charge in [-0.05, 0) is 46.1 Å². The fraction of sp³-hybridized carbons (Fsp3) is 0.929. The first-order valence-electron chi connectivity index (χ1n) is 7.18. The number of likely N-dealkylation sites (tertiary alicyclic amines) is 1. The van der Waals surface area contributed by atoms with Crippen LogP contribution in [-0.4, -0.2) is 48.8 Å². The standard InChI is InChI=1S/C14H25N3O/c1-3-18-13-5-4-8-17(9-13)11-14(2,10-15)16-12-6-7-12/h12-13,16H,3-9,11H2,1-2H3. The van der Waals surface area contributed by atoms with E-state index in [0.717, 1.165) is 32.7 Å². The summed E-state index contributed by atoms with van der Waals surface area (Å²) in [6.07, 6.45) is 5.13. The van der Waals surface area contributed by atoms with Crippen molar-refractivity contribution in [3.8, 4) is 6.07 Å². The summed E-state index contributed by atoms with van der Waals surface area (Å²) in [6.45, 7) is 7.73. The third-order valence-electron chi connectivity index (χ3n) is 3.75. The number of ether oxygens (including phenoxy) is 1. The van der Waals surface area contributed by atoms with E-state index in [1.807, 2.05) is 13.8 Å². The van der Waals surface area contributed by atoms with E-state index >= 15 is 0 Å². The molecule has 0 bridgehead atoms. The van der Waals surface area contributed by atoms with E-state index in [1.165, 1.54) is 19.3 Å². The fourth-order valence-corrected chi connectivity index (χ4v) is 2.77. The Balaban J connectivity index is 1.84. The Hall–Kier alpha value is -0.630. The number of rotatable bonds is 6. The van der Waals surface area contributed by atoms with Gasteiger partial charge in [0.25, 0.3) is 0 Å². The van der Waals surface area contributed by atoms with Crippen molar-refractivity contribution in [3.63, 3.8) is 0 Å². The van der Waals surface area contributed by atoms with Gasteiger partial charge in [0.1, 0.15) is 5.54 Å². The minimum absolute atomic E-state index is 0.354. The Morgan fingerprint density at radius 3 is 2.83 bits per heavy atom. The molecule has 102 valence electrons. The molecule has 0 aromatic heterocycles. The molecular weight excluding hydrogens is 226 g/mol. The fourth-order valence-electron chi connectivity index (χ4n) is 2.77. The minimum atomic E-state index is -0.407. The summed E-state index contributed by atoms with van der Waals surface area (Å²) in [5, 5.41) is 12.9. The SMILES string of the molecule is CCOC1CCCN(CC(C)(C#N)NC2CC2)C1. The van der Waals surface area contributed by atoms with Crippen LogP contribution < -0.4 is 5.32 Å². The second-order valence-electron chi connectivity index (χ2n) is 5.82. The monoisotopic (exact) mass is 251 g/mol. The number of nitriles is 1. The van der Waals surface area contributed by atoms with E-state index in [9.17, 15) is 5.26 Å². The maximum atomic E-state index is 9.39. The highest BCUT2D eigenvalue weighted by atomic mass is 16.5. The maximum absolute atomic E-state index is 9.39. The first kappa shape index (κ1) is 13.8. The van der Waals surface area contributed by atoms with Crippen molar-refractivity contribution in [3.05, 3.63) is 0 Å². The zero-order valence-electron chi connectivity index (χ0n) is 11.6. The van der Waals surface area contributed by atoms with Gasteiger partial charge in [0.2, 0.25) is 0 Å². The van der Waals surface area contributed by atoms with Crippen molar-refractivity contribution in [2.75, 3.05) is 26.2 Å². The van der Waals surface area contributed by atoms with Crippen LogP contribution in [-0.2, 0) is 4.74 Å². The van der Waals surface area contributed by atoms with Gasteiger partial charge in [-0.1, -0.05) is 0 Å². The smallest absolute Gasteiger partial charge is 0.116 e. The molecule has 18 heavy (non-hydrogen) atoms. The molecule has 4 heteroatoms. The van der Waals surface area contributed by atoms with Crippen LogP contribution in [0.3, 0.4) is 0 Å². The summed E-state index contributed by atoms with van der Waals surface area (Å²) in [5.74, 6) is 0. The van der Waals surface area contributed by atoms with Crippen LogP contribution in [0.15, 0.2) is 0 Å². The normalized spacial score (nSPS) is 28.6. The molecule has 2 aliphatic rings. The van der Waals surface area contributed by atoms with Crippen LogP contribution in [0.25, 0.3) is 0 Å². The molecule has 0 aromatic carbocycles. The van der Waals surface area contributed by atoms with Gasteiger partial charge in [-0.3, -0.25) is 10.2 Å². The van der Waals surface area contributed by atoms with E-state index in [4.69, 9.17) is 4.74 Å². The highest BCUT2D eigenvalue weighted by molar-refractivity contribution is 5.09. The van der Waals surface area contributed by atoms with Crippen LogP contribution in [0.2, 0.25) is 0 Å². The van der Waals surface area contributed by atoms with E-state index in [2.05, 4.69) is 16.3 Å². The van der Waals surface area contributed by atoms with Gasteiger partial charge >= 0.3 is 0 Å². The average molecular weight is 251 g/mol. The summed E-state index contributed by atoms with van der Waals surface area (Å²) in [4.78, 5) is 2.38. The second kappa shape index (κ2) is 6.01. The molecule has 2 fully saturated rings. The molecule has 0 radical (unpaired) electrons. The Kier molecular flexibility index (Phi) is 4.60. The molecular formula is C14H25N3O. The van der Waals surface area contributed by atoms with Gasteiger partial charge in [-0.25, -0.2) is 0 Å². The lowest BCUT2D eigenvalue weighted by Gasteiger charge is -2.37. The maximum Gasteiger partial charge on any atom is 0.116 e. The molecule has 2 rings (SSSR count). The number of piperidine rings is 1. The topological polar surface area (TPSA) is 48.3 Å². The van der Waals surface area contributed by atoms with Crippen molar-refractivity contribution < 1.29 is 4.74 Å². The summed E-state index contributed by atoms with van der Waals surface area (Å²) in [7, 11) is 0. The van der Waals surface area contributed by atoms with Crippen molar-refractivity contribution in [1.29, 1.82) is 5.26 Å². The van der Waals surface area contributed by atoms with Crippen molar-refractivity contribution in [2.45, 2.75) is 57.2 Å². The van der Waals surface area contributed by atoms with Gasteiger partial charge in [0.05, 0.1) is 12.2 Å². The van der Waals surface area contributed by atoms with Gasteiger partial charge < -0.3 is 4.74 Å². The quantitative estimate of drug-likeness (QED) is 0.777. The van der Waals surface area contributed by atoms with Crippen LogP contribution in [0.1, 0.15) is 39.5 Å². The van der Waals surface area contributed by atoms with E-state index in [0.29, 0.717) is 12.1 Å². The molecule has 1 heterocycles. The molecule has 1 aliphatic heterocycles. The lowest BCUT2D eigenvalue weighted by molar-refractivity contribution is 0.00149. The molecule has 0 spiro atoms. The minimum Gasteiger partial charge on any atom is -0.377 e. The van der Waals surface area contributed by atoms with Crippen molar-refractivity contribution >= 4 is 0 Å². The van der Waals surface area contributed by atoms with E-state index in [1.54, 1.807) is 0 Å². The lowest BCUT2D eigenvalue weighted by atomic mass is 10.0. The van der Waals surface area contributed by atoms with E-state index < -0.39 is 5.54 Å². The Morgan fingerprint density at radius 1 is 1.44 bits per heavy atom. The van der Waals surface area contributed by atoms with Crippen molar-refractivity contribution in [1.82, 2.24) is 10.2 Å². The highest BCUT2D eigenvalue weighted by Gasteiger charge is 2.35. The largest absolute Gasteiger partial charge is 0.377 e. The van der Waals surface area contributed by atoms with E-state index in [-0.39, 0.29) is 0 Å². The lowest BCUT2D eigenvalue weighted by Crippen LogP contribution is -2.54. The third-order valence-corrected chi connectivity index (χ3v) is 3.75. The first-order valence-corrected chi connectivity index (χ1v) is 7.18. The van der Waals surface area contributed by atoms with Crippen LogP contribution >= 0.6 is 0 Å². The molecule has 4 nitrogen and oxygen atoms in total. The highest BCUT2D eigenvalue weighted by Crippen LogP contribution is 2.23. The zero-order chi connectivity index (χ0) is 13.0. The number of hydrogen-bond acceptors (Lipinski definition) is 4. The zero-order valence-corrected chi connectivity index (χ0v) is 11.6. The van der Waals surface area contributed by atoms with Crippen LogP contribution in [0.4, 0.5) is 0 Å². The summed E-state index contributed by atoms with van der Waals surface area (Å²) in [5.41, 5.74) is -0.407. The van der Waals surface area contributed by atoms with Gasteiger partial charge in [0.15, 0.2) is 0 Å². The molecule has 1 saturated carbocycles. The average Bonchev–Trinajstić information content (AvgIpc) is 3.13.